The zero-order valence-corrected chi connectivity index (χ0v) is 18.8. The minimum Gasteiger partial charge on any atom is -0.375 e. The summed E-state index contributed by atoms with van der Waals surface area (Å²) in [5.41, 5.74) is 2.61. The van der Waals surface area contributed by atoms with Crippen molar-refractivity contribution >= 4 is 16.8 Å². The highest BCUT2D eigenvalue weighted by Crippen LogP contribution is 2.35. The number of hydrogen-bond acceptors (Lipinski definition) is 3. The smallest absolute Gasteiger partial charge is 0.222 e. The minimum absolute atomic E-state index is 0.204. The highest BCUT2D eigenvalue weighted by molar-refractivity contribution is 5.84. The van der Waals surface area contributed by atoms with Crippen molar-refractivity contribution in [1.29, 1.82) is 0 Å². The molecule has 3 saturated heterocycles. The molecule has 4 heterocycles. The molecule has 5 nitrogen and oxygen atoms in total. The molecule has 3 aliphatic heterocycles. The van der Waals surface area contributed by atoms with Crippen LogP contribution in [-0.2, 0) is 16.0 Å². The van der Waals surface area contributed by atoms with Crippen LogP contribution in [0.2, 0.25) is 0 Å². The fourth-order valence-corrected chi connectivity index (χ4v) is 5.92. The molecule has 1 amide bonds. The molecule has 5 heteroatoms. The molecule has 0 saturated carbocycles. The fourth-order valence-electron chi connectivity index (χ4n) is 5.92. The average molecular weight is 424 g/mol. The normalized spacial score (nSPS) is 22.9. The van der Waals surface area contributed by atoms with E-state index in [1.165, 1.54) is 62.7 Å². The second-order valence-corrected chi connectivity index (χ2v) is 9.97. The van der Waals surface area contributed by atoms with Crippen molar-refractivity contribution in [2.45, 2.75) is 63.4 Å². The van der Waals surface area contributed by atoms with Gasteiger partial charge >= 0.3 is 0 Å². The lowest BCUT2D eigenvalue weighted by atomic mass is 9.84. The van der Waals surface area contributed by atoms with Crippen molar-refractivity contribution in [3.8, 4) is 0 Å². The number of benzene rings is 1. The number of amides is 1. The number of aromatic nitrogens is 1. The lowest BCUT2D eigenvalue weighted by Gasteiger charge is -2.45. The first kappa shape index (κ1) is 21.0. The third-order valence-electron chi connectivity index (χ3n) is 7.97. The Morgan fingerprint density at radius 2 is 1.87 bits per heavy atom. The monoisotopic (exact) mass is 423 g/mol. The SMILES string of the molecule is O=C(CCc1c[nH]c2ccccc12)N1CCC(CN2CCC3(CCCCO3)CC2)CC1. The number of hydrogen-bond donors (Lipinski definition) is 1. The van der Waals surface area contributed by atoms with Gasteiger partial charge in [0.15, 0.2) is 0 Å². The van der Waals surface area contributed by atoms with Gasteiger partial charge < -0.3 is 19.5 Å². The molecule has 3 fully saturated rings. The first-order valence-electron chi connectivity index (χ1n) is 12.4. The Hall–Kier alpha value is -1.85. The highest BCUT2D eigenvalue weighted by atomic mass is 16.5. The predicted molar refractivity (Wildman–Crippen MR) is 124 cm³/mol. The third-order valence-corrected chi connectivity index (χ3v) is 7.97. The molecule has 3 aliphatic rings. The highest BCUT2D eigenvalue weighted by Gasteiger charge is 2.37. The van der Waals surface area contributed by atoms with Crippen molar-refractivity contribution in [3.05, 3.63) is 36.0 Å². The molecule has 0 unspecified atom stereocenters. The molecule has 2 aromatic rings. The van der Waals surface area contributed by atoms with Gasteiger partial charge in [-0.2, -0.15) is 0 Å². The van der Waals surface area contributed by atoms with E-state index in [2.05, 4.69) is 39.2 Å². The average Bonchev–Trinajstić information content (AvgIpc) is 3.23. The van der Waals surface area contributed by atoms with E-state index < -0.39 is 0 Å². The summed E-state index contributed by atoms with van der Waals surface area (Å²) in [7, 11) is 0. The van der Waals surface area contributed by atoms with Gasteiger partial charge in [-0.1, -0.05) is 18.2 Å². The van der Waals surface area contributed by atoms with Gasteiger partial charge in [0.05, 0.1) is 5.60 Å². The Kier molecular flexibility index (Phi) is 6.33. The van der Waals surface area contributed by atoms with Crippen molar-refractivity contribution in [2.24, 2.45) is 5.92 Å². The molecule has 0 atom stereocenters. The van der Waals surface area contributed by atoms with Crippen LogP contribution < -0.4 is 0 Å². The van der Waals surface area contributed by atoms with Crippen LogP contribution >= 0.6 is 0 Å². The molecule has 0 bridgehead atoms. The number of nitrogens with one attached hydrogen (secondary N) is 1. The summed E-state index contributed by atoms with van der Waals surface area (Å²) in [6, 6.07) is 8.34. The van der Waals surface area contributed by atoms with Crippen LogP contribution in [0, 0.1) is 5.92 Å². The van der Waals surface area contributed by atoms with Crippen LogP contribution in [-0.4, -0.2) is 65.6 Å². The third kappa shape index (κ3) is 4.83. The van der Waals surface area contributed by atoms with Gasteiger partial charge in [-0.15, -0.1) is 0 Å². The van der Waals surface area contributed by atoms with Gasteiger partial charge in [-0.05, 0) is 68.9 Å². The maximum atomic E-state index is 12.8. The van der Waals surface area contributed by atoms with Crippen LogP contribution in [0.1, 0.15) is 56.9 Å². The Morgan fingerprint density at radius 3 is 2.65 bits per heavy atom. The number of piperidine rings is 2. The number of H-pyrrole nitrogens is 1. The number of nitrogens with zero attached hydrogens (tertiary/aromatic N) is 2. The lowest BCUT2D eigenvalue weighted by Crippen LogP contribution is -2.49. The zero-order chi connectivity index (χ0) is 21.1. The van der Waals surface area contributed by atoms with E-state index >= 15 is 0 Å². The molecule has 168 valence electrons. The van der Waals surface area contributed by atoms with Gasteiger partial charge in [-0.3, -0.25) is 4.79 Å². The molecule has 1 N–H and O–H groups in total. The van der Waals surface area contributed by atoms with E-state index in [0.29, 0.717) is 12.3 Å². The minimum atomic E-state index is 0.204. The maximum Gasteiger partial charge on any atom is 0.222 e. The fraction of sp³-hybridized carbons (Fsp3) is 0.654. The topological polar surface area (TPSA) is 48.6 Å². The number of aromatic amines is 1. The summed E-state index contributed by atoms with van der Waals surface area (Å²) in [6.45, 7) is 6.39. The van der Waals surface area contributed by atoms with Gasteiger partial charge in [-0.25, -0.2) is 0 Å². The largest absolute Gasteiger partial charge is 0.375 e. The van der Waals surface area contributed by atoms with Gasteiger partial charge in [0.2, 0.25) is 5.91 Å². The molecule has 31 heavy (non-hydrogen) atoms. The van der Waals surface area contributed by atoms with Crippen molar-refractivity contribution in [1.82, 2.24) is 14.8 Å². The zero-order valence-electron chi connectivity index (χ0n) is 18.8. The second kappa shape index (κ2) is 9.33. The molecule has 0 aliphatic carbocycles. The number of ether oxygens (including phenoxy) is 1. The summed E-state index contributed by atoms with van der Waals surface area (Å²) in [6.07, 6.45) is 12.0. The van der Waals surface area contributed by atoms with Gasteiger partial charge in [0.1, 0.15) is 0 Å². The van der Waals surface area contributed by atoms with E-state index in [9.17, 15) is 4.79 Å². The molecular formula is C26H37N3O2. The Labute approximate surface area is 186 Å². The molecule has 5 rings (SSSR count). The molecule has 1 aromatic heterocycles. The van der Waals surface area contributed by atoms with E-state index in [0.717, 1.165) is 50.4 Å². The number of carbonyl (C=O) groups excluding carboxylic acids is 1. The van der Waals surface area contributed by atoms with Crippen LogP contribution in [0.3, 0.4) is 0 Å². The molecule has 1 aromatic carbocycles. The number of para-hydroxylation sites is 1. The lowest BCUT2D eigenvalue weighted by molar-refractivity contribution is -0.133. The summed E-state index contributed by atoms with van der Waals surface area (Å²) < 4.78 is 6.19. The number of rotatable bonds is 5. The molecular weight excluding hydrogens is 386 g/mol. The quantitative estimate of drug-likeness (QED) is 0.777. The van der Waals surface area contributed by atoms with E-state index in [-0.39, 0.29) is 5.60 Å². The van der Waals surface area contributed by atoms with Crippen molar-refractivity contribution < 1.29 is 9.53 Å². The van der Waals surface area contributed by atoms with Gasteiger partial charge in [0, 0.05) is 62.9 Å². The summed E-state index contributed by atoms with van der Waals surface area (Å²) in [4.78, 5) is 20.9. The molecule has 0 radical (unpaired) electrons. The van der Waals surface area contributed by atoms with Gasteiger partial charge in [0.25, 0.3) is 0 Å². The van der Waals surface area contributed by atoms with E-state index in [1.54, 1.807) is 0 Å². The van der Waals surface area contributed by atoms with Crippen LogP contribution in [0.5, 0.6) is 0 Å². The number of likely N-dealkylation sites (tertiary alicyclic amines) is 2. The first-order chi connectivity index (χ1) is 15.2. The number of carbonyl (C=O) groups is 1. The van der Waals surface area contributed by atoms with E-state index in [1.807, 2.05) is 6.07 Å². The predicted octanol–water partition coefficient (Wildman–Crippen LogP) is 4.37. The van der Waals surface area contributed by atoms with Crippen molar-refractivity contribution in [2.75, 3.05) is 39.3 Å². The Balaban J connectivity index is 1.04. The summed E-state index contributed by atoms with van der Waals surface area (Å²) in [5.74, 6) is 1.05. The second-order valence-electron chi connectivity index (χ2n) is 9.97. The van der Waals surface area contributed by atoms with Crippen LogP contribution in [0.15, 0.2) is 30.5 Å². The van der Waals surface area contributed by atoms with Crippen LogP contribution in [0.4, 0.5) is 0 Å². The maximum absolute atomic E-state index is 12.8. The summed E-state index contributed by atoms with van der Waals surface area (Å²) >= 11 is 0. The number of aryl methyl sites for hydroxylation is 1. The van der Waals surface area contributed by atoms with E-state index in [4.69, 9.17) is 4.74 Å². The van der Waals surface area contributed by atoms with Crippen LogP contribution in [0.25, 0.3) is 10.9 Å². The Morgan fingerprint density at radius 1 is 1.06 bits per heavy atom. The number of fused-ring (bicyclic) bond motifs is 1. The first-order valence-corrected chi connectivity index (χ1v) is 12.4. The standard InChI is InChI=1S/C26H37N3O2/c30-25(8-7-22-19-27-24-6-2-1-5-23(22)24)29-14-9-21(10-15-29)20-28-16-12-26(13-17-28)11-3-4-18-31-26/h1-2,5-6,19,21,27H,3-4,7-18,20H2. The summed E-state index contributed by atoms with van der Waals surface area (Å²) in [5, 5.41) is 1.25. The Bertz CT molecular complexity index is 868. The molecule has 1 spiro atoms. The van der Waals surface area contributed by atoms with Crippen molar-refractivity contribution in [3.63, 3.8) is 0 Å².